The molecule has 2 aromatic rings. The van der Waals surface area contributed by atoms with Crippen molar-refractivity contribution in [3.05, 3.63) is 42.1 Å². The predicted octanol–water partition coefficient (Wildman–Crippen LogP) is 2.94. The molecule has 1 aromatic carbocycles. The van der Waals surface area contributed by atoms with E-state index in [4.69, 9.17) is 5.73 Å². The highest BCUT2D eigenvalue weighted by atomic mass is 16.1. The number of unbranched alkanes of at least 4 members (excludes halogenated alkanes) is 2. The van der Waals surface area contributed by atoms with Gasteiger partial charge in [0.1, 0.15) is 0 Å². The van der Waals surface area contributed by atoms with Gasteiger partial charge >= 0.3 is 0 Å². The van der Waals surface area contributed by atoms with Crippen LogP contribution in [0.3, 0.4) is 0 Å². The first-order valence-electron chi connectivity index (χ1n) is 6.40. The van der Waals surface area contributed by atoms with Crippen LogP contribution >= 0.6 is 0 Å². The van der Waals surface area contributed by atoms with Crippen molar-refractivity contribution in [1.82, 2.24) is 4.98 Å². The maximum absolute atomic E-state index is 12.2. The van der Waals surface area contributed by atoms with Crippen LogP contribution in [0.15, 0.2) is 36.5 Å². The van der Waals surface area contributed by atoms with E-state index < -0.39 is 0 Å². The summed E-state index contributed by atoms with van der Waals surface area (Å²) in [5.74, 6) is 0.177. The summed E-state index contributed by atoms with van der Waals surface area (Å²) >= 11 is 0. The molecule has 0 aliphatic heterocycles. The van der Waals surface area contributed by atoms with Gasteiger partial charge in [-0.1, -0.05) is 24.6 Å². The minimum Gasteiger partial charge on any atom is -0.330 e. The van der Waals surface area contributed by atoms with Gasteiger partial charge in [-0.15, -0.1) is 0 Å². The summed E-state index contributed by atoms with van der Waals surface area (Å²) in [4.78, 5) is 16.5. The fourth-order valence-electron chi connectivity index (χ4n) is 2.07. The van der Waals surface area contributed by atoms with Crippen LogP contribution in [0.2, 0.25) is 0 Å². The number of para-hydroxylation sites is 1. The molecule has 3 nitrogen and oxygen atoms in total. The van der Waals surface area contributed by atoms with Crippen LogP contribution in [-0.4, -0.2) is 17.3 Å². The molecule has 0 saturated carbocycles. The van der Waals surface area contributed by atoms with Gasteiger partial charge in [0.15, 0.2) is 5.78 Å². The molecule has 0 radical (unpaired) electrons. The van der Waals surface area contributed by atoms with Crippen molar-refractivity contribution >= 4 is 16.7 Å². The third-order valence-electron chi connectivity index (χ3n) is 3.04. The number of aromatic nitrogens is 1. The number of carbonyl (C=O) groups is 1. The number of hydrogen-bond donors (Lipinski definition) is 1. The van der Waals surface area contributed by atoms with Crippen LogP contribution in [0.1, 0.15) is 36.0 Å². The molecular formula is C15H18N2O. The molecule has 0 fully saturated rings. The number of nitrogens with two attached hydrogens (primary N) is 1. The quantitative estimate of drug-likeness (QED) is 0.626. The number of fused-ring (bicyclic) bond motifs is 1. The van der Waals surface area contributed by atoms with Crippen molar-refractivity contribution in [2.24, 2.45) is 5.73 Å². The summed E-state index contributed by atoms with van der Waals surface area (Å²) in [6.07, 6.45) is 5.21. The van der Waals surface area contributed by atoms with E-state index in [1.165, 1.54) is 0 Å². The Morgan fingerprint density at radius 2 is 1.94 bits per heavy atom. The van der Waals surface area contributed by atoms with Crippen molar-refractivity contribution in [3.8, 4) is 0 Å². The number of hydrogen-bond acceptors (Lipinski definition) is 3. The molecule has 0 amide bonds. The fraction of sp³-hybridized carbons (Fsp3) is 0.333. The normalized spacial score (nSPS) is 10.7. The van der Waals surface area contributed by atoms with Crippen molar-refractivity contribution < 1.29 is 4.79 Å². The number of carbonyl (C=O) groups excluding carboxylic acids is 1. The molecule has 2 rings (SSSR count). The monoisotopic (exact) mass is 242 g/mol. The fourth-order valence-corrected chi connectivity index (χ4v) is 2.07. The third-order valence-corrected chi connectivity index (χ3v) is 3.04. The van der Waals surface area contributed by atoms with E-state index in [1.54, 1.807) is 6.20 Å². The number of ketones is 1. The maximum atomic E-state index is 12.2. The van der Waals surface area contributed by atoms with Crippen LogP contribution in [-0.2, 0) is 0 Å². The van der Waals surface area contributed by atoms with E-state index in [0.717, 1.165) is 35.7 Å². The molecule has 0 atom stereocenters. The molecule has 2 N–H and O–H groups in total. The van der Waals surface area contributed by atoms with Gasteiger partial charge in [0.05, 0.1) is 5.52 Å². The number of benzene rings is 1. The molecule has 0 aliphatic carbocycles. The number of nitrogens with zero attached hydrogens (tertiary/aromatic N) is 1. The van der Waals surface area contributed by atoms with E-state index in [-0.39, 0.29) is 5.78 Å². The zero-order valence-corrected chi connectivity index (χ0v) is 10.4. The van der Waals surface area contributed by atoms with E-state index in [0.29, 0.717) is 13.0 Å². The maximum Gasteiger partial charge on any atom is 0.165 e. The molecule has 0 unspecified atom stereocenters. The van der Waals surface area contributed by atoms with E-state index in [2.05, 4.69) is 4.98 Å². The van der Waals surface area contributed by atoms with Gasteiger partial charge in [0.25, 0.3) is 0 Å². The highest BCUT2D eigenvalue weighted by molar-refractivity contribution is 6.06. The smallest absolute Gasteiger partial charge is 0.165 e. The van der Waals surface area contributed by atoms with Gasteiger partial charge in [-0.25, -0.2) is 0 Å². The zero-order valence-electron chi connectivity index (χ0n) is 10.4. The van der Waals surface area contributed by atoms with E-state index >= 15 is 0 Å². The van der Waals surface area contributed by atoms with Crippen LogP contribution in [0.4, 0.5) is 0 Å². The van der Waals surface area contributed by atoms with Crippen LogP contribution < -0.4 is 5.73 Å². The number of pyridine rings is 1. The lowest BCUT2D eigenvalue weighted by molar-refractivity contribution is 0.0980. The average molecular weight is 242 g/mol. The Morgan fingerprint density at radius 3 is 2.78 bits per heavy atom. The van der Waals surface area contributed by atoms with Crippen LogP contribution in [0, 0.1) is 0 Å². The highest BCUT2D eigenvalue weighted by Gasteiger charge is 2.10. The lowest BCUT2D eigenvalue weighted by Crippen LogP contribution is -2.02. The molecule has 3 heteroatoms. The Hall–Kier alpha value is -1.74. The highest BCUT2D eigenvalue weighted by Crippen LogP contribution is 2.18. The van der Waals surface area contributed by atoms with Crippen LogP contribution in [0.25, 0.3) is 10.9 Å². The second-order valence-corrected chi connectivity index (χ2v) is 4.40. The van der Waals surface area contributed by atoms with Gasteiger partial charge < -0.3 is 5.73 Å². The molecule has 0 aliphatic rings. The summed E-state index contributed by atoms with van der Waals surface area (Å²) in [7, 11) is 0. The zero-order chi connectivity index (χ0) is 12.8. The Bertz CT molecular complexity index is 532. The second-order valence-electron chi connectivity index (χ2n) is 4.40. The van der Waals surface area contributed by atoms with Crippen molar-refractivity contribution in [2.45, 2.75) is 25.7 Å². The Balaban J connectivity index is 2.13. The van der Waals surface area contributed by atoms with Crippen LogP contribution in [0.5, 0.6) is 0 Å². The minimum atomic E-state index is 0.177. The largest absolute Gasteiger partial charge is 0.330 e. The molecular weight excluding hydrogens is 224 g/mol. The summed E-state index contributed by atoms with van der Waals surface area (Å²) in [5.41, 5.74) is 6.98. The Labute approximate surface area is 107 Å². The lowest BCUT2D eigenvalue weighted by Gasteiger charge is -2.04. The topological polar surface area (TPSA) is 56.0 Å². The SMILES string of the molecule is NCCCCCC(=O)c1cccc2cccnc12. The van der Waals surface area contributed by atoms with Gasteiger partial charge in [-0.3, -0.25) is 9.78 Å². The molecule has 0 bridgehead atoms. The Morgan fingerprint density at radius 1 is 1.11 bits per heavy atom. The summed E-state index contributed by atoms with van der Waals surface area (Å²) in [5, 5.41) is 1.02. The van der Waals surface area contributed by atoms with Crippen molar-refractivity contribution in [2.75, 3.05) is 6.54 Å². The lowest BCUT2D eigenvalue weighted by atomic mass is 10.0. The molecule has 0 saturated heterocycles. The van der Waals surface area contributed by atoms with Gasteiger partial charge in [0.2, 0.25) is 0 Å². The van der Waals surface area contributed by atoms with E-state index in [1.807, 2.05) is 30.3 Å². The molecule has 1 aromatic heterocycles. The van der Waals surface area contributed by atoms with Gasteiger partial charge in [0, 0.05) is 23.6 Å². The first-order chi connectivity index (χ1) is 8.83. The first kappa shape index (κ1) is 12.7. The van der Waals surface area contributed by atoms with Crippen molar-refractivity contribution in [1.29, 1.82) is 0 Å². The molecule has 0 spiro atoms. The average Bonchev–Trinajstić information content (AvgIpc) is 2.43. The van der Waals surface area contributed by atoms with E-state index in [9.17, 15) is 4.79 Å². The molecule has 18 heavy (non-hydrogen) atoms. The summed E-state index contributed by atoms with van der Waals surface area (Å²) in [6.45, 7) is 0.698. The predicted molar refractivity (Wildman–Crippen MR) is 73.6 cm³/mol. The van der Waals surface area contributed by atoms with Crippen molar-refractivity contribution in [3.63, 3.8) is 0 Å². The van der Waals surface area contributed by atoms with Gasteiger partial charge in [-0.05, 0) is 31.5 Å². The molecule has 94 valence electrons. The summed E-state index contributed by atoms with van der Waals surface area (Å²) < 4.78 is 0. The second kappa shape index (κ2) is 6.26. The third kappa shape index (κ3) is 2.93. The minimum absolute atomic E-state index is 0.177. The molecule has 1 heterocycles. The standard InChI is InChI=1S/C15H18N2O/c16-10-3-1-2-9-14(18)13-8-4-6-12-7-5-11-17-15(12)13/h4-8,11H,1-3,9-10,16H2. The Kier molecular flexibility index (Phi) is 4.42. The summed E-state index contributed by atoms with van der Waals surface area (Å²) in [6, 6.07) is 9.62. The first-order valence-corrected chi connectivity index (χ1v) is 6.40. The van der Waals surface area contributed by atoms with Gasteiger partial charge in [-0.2, -0.15) is 0 Å². The number of Topliss-reactive ketones (excluding diaryl/α,β-unsaturated/α-hetero) is 1. The number of rotatable bonds is 6.